The second-order valence-corrected chi connectivity index (χ2v) is 15.9. The maximum absolute atomic E-state index is 12.4. The summed E-state index contributed by atoms with van der Waals surface area (Å²) in [4.78, 5) is 93.5. The Labute approximate surface area is 286 Å². The van der Waals surface area contributed by atoms with Crippen LogP contribution in [-0.2, 0) is 50.7 Å². The van der Waals surface area contributed by atoms with Gasteiger partial charge in [0.2, 0.25) is 11.8 Å². The van der Waals surface area contributed by atoms with Crippen molar-refractivity contribution in [1.82, 2.24) is 30.2 Å². The Kier molecular flexibility index (Phi) is 14.6. The Bertz CT molecular complexity index is 1660. The molecule has 1 aliphatic rings. The lowest BCUT2D eigenvalue weighted by molar-refractivity contribution is -0.347. The SMILES string of the molecule is CC(C)(COP(=O)([O-])OP(=O)([O-])OC[C@H]1O[C@@H](n2cnc3c(N)ncnc32)[C@H](O)[C@@H]1OP(=O)([O-])[O-])[C@@H](O)C(=O)NCCC(=O)NCCSC=O. The van der Waals surface area contributed by atoms with E-state index in [9.17, 15) is 57.9 Å². The molecule has 1 fully saturated rings. The first-order chi connectivity index (χ1) is 23.2. The summed E-state index contributed by atoms with van der Waals surface area (Å²) in [6, 6.07) is 0. The molecule has 0 aromatic carbocycles. The van der Waals surface area contributed by atoms with Crippen LogP contribution in [0.1, 0.15) is 26.5 Å². The zero-order chi connectivity index (χ0) is 37.5. The number of rotatable bonds is 20. The van der Waals surface area contributed by atoms with Crippen molar-refractivity contribution in [1.29, 1.82) is 0 Å². The molecule has 3 heterocycles. The Morgan fingerprint density at radius 3 is 2.48 bits per heavy atom. The summed E-state index contributed by atoms with van der Waals surface area (Å²) >= 11 is 0.949. The predicted molar refractivity (Wildman–Crippen MR) is 160 cm³/mol. The van der Waals surface area contributed by atoms with Crippen LogP contribution in [0, 0.1) is 5.41 Å². The monoisotopic (exact) mass is 791 g/mol. The van der Waals surface area contributed by atoms with Gasteiger partial charge < -0.3 is 69.0 Å². The zero-order valence-electron chi connectivity index (χ0n) is 26.0. The van der Waals surface area contributed by atoms with Crippen LogP contribution in [0.25, 0.3) is 11.2 Å². The summed E-state index contributed by atoms with van der Waals surface area (Å²) < 4.78 is 60.1. The highest BCUT2D eigenvalue weighted by Crippen LogP contribution is 2.56. The summed E-state index contributed by atoms with van der Waals surface area (Å²) in [7, 11) is -17.6. The van der Waals surface area contributed by atoms with Gasteiger partial charge in [0.15, 0.2) is 23.3 Å². The van der Waals surface area contributed by atoms with Crippen LogP contribution in [0.3, 0.4) is 0 Å². The standard InChI is InChI=1S/C22H36N7O17P3S/c1-22(2,17(33)20(34)25-4-3-13(31)24-5-6-50-11-30)8-43-49(40,41)46-48(38,39)42-7-12-16(45-47(35,36)37)15(32)21(44-12)29-10-28-14-18(23)26-9-27-19(14)29/h9-12,15-17,21,32-33H,3-8H2,1-2H3,(H,24,31)(H,25,34)(H,38,39)(H,40,41)(H2,23,26,27)(H2,35,36,37)/p-4/t12-,15-,16-,17+,21-/m1/s1. The highest BCUT2D eigenvalue weighted by atomic mass is 32.2. The van der Waals surface area contributed by atoms with Gasteiger partial charge in [-0.05, 0) is 0 Å². The highest BCUT2D eigenvalue weighted by molar-refractivity contribution is 8.11. The molecule has 7 atom stereocenters. The average Bonchev–Trinajstić information content (AvgIpc) is 3.57. The van der Waals surface area contributed by atoms with E-state index >= 15 is 0 Å². The van der Waals surface area contributed by atoms with Crippen molar-refractivity contribution in [3.63, 3.8) is 0 Å². The molecule has 2 unspecified atom stereocenters. The van der Waals surface area contributed by atoms with E-state index in [-0.39, 0.29) is 36.5 Å². The Balaban J connectivity index is 1.57. The minimum absolute atomic E-state index is 0.0209. The number of nitrogen functional groups attached to an aromatic ring is 1. The van der Waals surface area contributed by atoms with Gasteiger partial charge in [0.05, 0.1) is 27.4 Å². The molecule has 0 spiro atoms. The van der Waals surface area contributed by atoms with Gasteiger partial charge in [-0.15, -0.1) is 0 Å². The molecule has 0 bridgehead atoms. The van der Waals surface area contributed by atoms with E-state index in [0.717, 1.165) is 29.0 Å². The van der Waals surface area contributed by atoms with Crippen LogP contribution < -0.4 is 35.9 Å². The number of nitrogens with zero attached hydrogens (tertiary/aromatic N) is 4. The van der Waals surface area contributed by atoms with E-state index in [1.165, 1.54) is 13.8 Å². The van der Waals surface area contributed by atoms with Crippen LogP contribution in [0.15, 0.2) is 12.7 Å². The lowest BCUT2D eigenvalue weighted by Crippen LogP contribution is -2.46. The molecule has 2 amide bonds. The largest absolute Gasteiger partial charge is 0.790 e. The minimum Gasteiger partial charge on any atom is -0.790 e. The summed E-state index contributed by atoms with van der Waals surface area (Å²) in [6.07, 6.45) is -7.55. The number of nitrogens with one attached hydrogen (secondary N) is 2. The van der Waals surface area contributed by atoms with Gasteiger partial charge >= 0.3 is 0 Å². The molecule has 28 heteroatoms. The molecule has 1 saturated heterocycles. The average molecular weight is 792 g/mol. The van der Waals surface area contributed by atoms with Gasteiger partial charge in [0.1, 0.15) is 36.3 Å². The van der Waals surface area contributed by atoms with Gasteiger partial charge in [0.25, 0.3) is 15.6 Å². The number of thioether (sulfide) groups is 1. The smallest absolute Gasteiger partial charge is 0.274 e. The number of aromatic nitrogens is 4. The maximum atomic E-state index is 12.4. The van der Waals surface area contributed by atoms with E-state index in [2.05, 4.69) is 43.5 Å². The van der Waals surface area contributed by atoms with Crippen LogP contribution in [-0.4, -0.2) is 104 Å². The Hall–Kier alpha value is -2.44. The van der Waals surface area contributed by atoms with Crippen LogP contribution in [0.2, 0.25) is 0 Å². The van der Waals surface area contributed by atoms with Crippen molar-refractivity contribution >= 4 is 69.6 Å². The predicted octanol–water partition coefficient (Wildman–Crippen LogP) is -4.20. The second kappa shape index (κ2) is 17.4. The molecule has 1 aliphatic heterocycles. The summed E-state index contributed by atoms with van der Waals surface area (Å²) in [5, 5.41) is 25.9. The van der Waals surface area contributed by atoms with Gasteiger partial charge in [-0.3, -0.25) is 28.1 Å². The normalized spacial score (nSPS) is 22.8. The van der Waals surface area contributed by atoms with Crippen LogP contribution in [0.4, 0.5) is 5.82 Å². The number of fused-ring (bicyclic) bond motifs is 1. The van der Waals surface area contributed by atoms with E-state index in [1.807, 2.05) is 0 Å². The molecule has 24 nitrogen and oxygen atoms in total. The number of aliphatic hydroxyl groups is 2. The quantitative estimate of drug-likeness (QED) is 0.0482. The summed E-state index contributed by atoms with van der Waals surface area (Å²) in [5.41, 5.74) is 4.68. The third-order valence-electron chi connectivity index (χ3n) is 6.66. The van der Waals surface area contributed by atoms with E-state index in [1.54, 1.807) is 0 Å². The van der Waals surface area contributed by atoms with Crippen molar-refractivity contribution in [2.45, 2.75) is 50.9 Å². The number of carbonyl (C=O) groups excluding carboxylic acids is 3. The number of nitrogens with two attached hydrogens (primary N) is 1. The molecule has 0 radical (unpaired) electrons. The first-order valence-corrected chi connectivity index (χ1v) is 19.5. The lowest BCUT2D eigenvalue weighted by atomic mass is 9.87. The van der Waals surface area contributed by atoms with Crippen molar-refractivity contribution in [3.8, 4) is 0 Å². The number of imidazole rings is 1. The summed E-state index contributed by atoms with van der Waals surface area (Å²) in [6.45, 7) is 0.115. The molecule has 50 heavy (non-hydrogen) atoms. The van der Waals surface area contributed by atoms with Gasteiger partial charge in [-0.2, -0.15) is 0 Å². The fourth-order valence-corrected chi connectivity index (χ4v) is 7.27. The zero-order valence-corrected chi connectivity index (χ0v) is 29.5. The number of phosphoric ester groups is 3. The fraction of sp³-hybridized carbons (Fsp3) is 0.636. The second-order valence-electron chi connectivity index (χ2n) is 11.0. The number of amides is 2. The van der Waals surface area contributed by atoms with Gasteiger partial charge in [-0.25, -0.2) is 19.3 Å². The summed E-state index contributed by atoms with van der Waals surface area (Å²) in [5.74, 6) is -1.20. The van der Waals surface area contributed by atoms with E-state index in [4.69, 9.17) is 10.5 Å². The number of hydrogen-bond acceptors (Lipinski definition) is 22. The van der Waals surface area contributed by atoms with E-state index < -0.39 is 84.6 Å². The number of carbonyl (C=O) groups is 3. The molecule has 0 aliphatic carbocycles. The minimum atomic E-state index is -5.90. The van der Waals surface area contributed by atoms with Gasteiger partial charge in [0, 0.05) is 30.7 Å². The molecular formula is C22H32N7O17P3S-4. The molecular weight excluding hydrogens is 759 g/mol. The third-order valence-corrected chi connectivity index (χ3v) is 10.3. The molecule has 2 aromatic rings. The fourth-order valence-electron chi connectivity index (χ4n) is 4.21. The maximum Gasteiger partial charge on any atom is 0.274 e. The van der Waals surface area contributed by atoms with Crippen molar-refractivity contribution < 1.29 is 80.5 Å². The first-order valence-electron chi connectivity index (χ1n) is 14.0. The van der Waals surface area contributed by atoms with Crippen molar-refractivity contribution in [2.24, 2.45) is 5.41 Å². The van der Waals surface area contributed by atoms with Crippen LogP contribution in [0.5, 0.6) is 0 Å². The lowest BCUT2D eigenvalue weighted by Gasteiger charge is -2.36. The first kappa shape index (κ1) is 42.0. The number of phosphoric acid groups is 3. The molecule has 282 valence electrons. The van der Waals surface area contributed by atoms with E-state index in [0.29, 0.717) is 11.4 Å². The van der Waals surface area contributed by atoms with Crippen molar-refractivity contribution in [3.05, 3.63) is 12.7 Å². The topological polar surface area (TPSA) is 375 Å². The molecule has 6 N–H and O–H groups in total. The Morgan fingerprint density at radius 1 is 1.14 bits per heavy atom. The molecule has 2 aromatic heterocycles. The number of aliphatic hydroxyl groups excluding tert-OH is 2. The highest BCUT2D eigenvalue weighted by Gasteiger charge is 2.47. The van der Waals surface area contributed by atoms with Gasteiger partial charge in [-0.1, -0.05) is 25.6 Å². The number of anilines is 1. The molecule has 3 rings (SSSR count). The Morgan fingerprint density at radius 2 is 1.82 bits per heavy atom. The molecule has 0 saturated carbocycles. The number of ether oxygens (including phenoxy) is 1. The third kappa shape index (κ3) is 12.1. The van der Waals surface area contributed by atoms with Crippen molar-refractivity contribution in [2.75, 3.05) is 37.8 Å². The van der Waals surface area contributed by atoms with Crippen LogP contribution >= 0.6 is 35.2 Å². The number of hydrogen-bond donors (Lipinski definition) is 5.